The van der Waals surface area contributed by atoms with E-state index in [2.05, 4.69) is 0 Å². The average Bonchev–Trinajstić information content (AvgIpc) is 2.71. The molecule has 0 radical (unpaired) electrons. The van der Waals surface area contributed by atoms with Crippen LogP contribution in [0.3, 0.4) is 0 Å². The number of benzene rings is 2. The minimum absolute atomic E-state index is 0.0358. The molecule has 28 heavy (non-hydrogen) atoms. The minimum Gasteiger partial charge on any atom is -0.497 e. The molecule has 2 aromatic rings. The Morgan fingerprint density at radius 1 is 1.11 bits per heavy atom. The van der Waals surface area contributed by atoms with Gasteiger partial charge in [0.15, 0.2) is 0 Å². The number of allylic oxidation sites excluding steroid dienone is 1. The number of rotatable bonds is 9. The van der Waals surface area contributed by atoms with Gasteiger partial charge in [-0.2, -0.15) is 0 Å². The van der Waals surface area contributed by atoms with Crippen molar-refractivity contribution >= 4 is 6.09 Å². The van der Waals surface area contributed by atoms with E-state index in [9.17, 15) is 9.90 Å². The van der Waals surface area contributed by atoms with Gasteiger partial charge in [-0.15, -0.1) is 0 Å². The second-order valence-corrected chi connectivity index (χ2v) is 6.81. The molecule has 0 fully saturated rings. The summed E-state index contributed by atoms with van der Waals surface area (Å²) in [5.41, 5.74) is 1.21. The first-order valence-corrected chi connectivity index (χ1v) is 9.38. The molecule has 0 unspecified atom stereocenters. The quantitative estimate of drug-likeness (QED) is 0.645. The van der Waals surface area contributed by atoms with Crippen LogP contribution in [-0.4, -0.2) is 35.4 Å². The van der Waals surface area contributed by atoms with Crippen molar-refractivity contribution in [2.45, 2.75) is 39.0 Å². The molecule has 1 amide bonds. The van der Waals surface area contributed by atoms with E-state index >= 15 is 0 Å². The molecule has 0 saturated carbocycles. The molecule has 1 atom stereocenters. The predicted octanol–water partition coefficient (Wildman–Crippen LogP) is 4.55. The molecule has 0 bridgehead atoms. The van der Waals surface area contributed by atoms with Crippen LogP contribution in [0.2, 0.25) is 0 Å². The van der Waals surface area contributed by atoms with E-state index in [1.54, 1.807) is 12.0 Å². The Morgan fingerprint density at radius 2 is 1.79 bits per heavy atom. The zero-order valence-corrected chi connectivity index (χ0v) is 16.8. The number of amides is 1. The molecular formula is C23H29NO4. The molecule has 1 N–H and O–H groups in total. The summed E-state index contributed by atoms with van der Waals surface area (Å²) in [6.07, 6.45) is 3.81. The van der Waals surface area contributed by atoms with E-state index < -0.39 is 11.6 Å². The highest BCUT2D eigenvalue weighted by Crippen LogP contribution is 2.26. The van der Waals surface area contributed by atoms with Gasteiger partial charge in [0.1, 0.15) is 12.4 Å². The van der Waals surface area contributed by atoms with Gasteiger partial charge < -0.3 is 14.6 Å². The molecule has 0 spiro atoms. The number of hydrogen-bond donors (Lipinski definition) is 1. The summed E-state index contributed by atoms with van der Waals surface area (Å²) in [6.45, 7) is 4.35. The van der Waals surface area contributed by atoms with Crippen molar-refractivity contribution in [2.24, 2.45) is 0 Å². The third-order valence-corrected chi connectivity index (χ3v) is 4.69. The largest absolute Gasteiger partial charge is 0.497 e. The van der Waals surface area contributed by atoms with E-state index in [4.69, 9.17) is 9.47 Å². The van der Waals surface area contributed by atoms with E-state index in [1.807, 2.05) is 80.6 Å². The molecule has 0 heterocycles. The molecule has 0 saturated heterocycles. The van der Waals surface area contributed by atoms with Gasteiger partial charge in [0, 0.05) is 13.2 Å². The van der Waals surface area contributed by atoms with Crippen LogP contribution in [0.1, 0.15) is 31.4 Å². The lowest BCUT2D eigenvalue weighted by Crippen LogP contribution is -2.48. The van der Waals surface area contributed by atoms with Crippen LogP contribution in [0.5, 0.6) is 5.75 Å². The summed E-state index contributed by atoms with van der Waals surface area (Å²) >= 11 is 0. The Labute approximate surface area is 167 Å². The zero-order chi connectivity index (χ0) is 20.4. The average molecular weight is 383 g/mol. The normalized spacial score (nSPS) is 13.1. The maximum Gasteiger partial charge on any atom is 0.411 e. The van der Waals surface area contributed by atoms with Gasteiger partial charge in [0.25, 0.3) is 0 Å². The van der Waals surface area contributed by atoms with E-state index in [-0.39, 0.29) is 13.2 Å². The monoisotopic (exact) mass is 383 g/mol. The molecule has 5 nitrogen and oxygen atoms in total. The number of aliphatic hydroxyl groups is 1. The lowest BCUT2D eigenvalue weighted by molar-refractivity contribution is 0.0533. The van der Waals surface area contributed by atoms with Crippen molar-refractivity contribution in [1.29, 1.82) is 0 Å². The first-order chi connectivity index (χ1) is 13.5. The van der Waals surface area contributed by atoms with Crippen molar-refractivity contribution < 1.29 is 19.4 Å². The number of ether oxygens (including phenoxy) is 2. The lowest BCUT2D eigenvalue weighted by Gasteiger charge is -2.38. The van der Waals surface area contributed by atoms with Crippen molar-refractivity contribution in [3.8, 4) is 5.75 Å². The molecule has 0 aliphatic carbocycles. The van der Waals surface area contributed by atoms with E-state index in [0.717, 1.165) is 16.9 Å². The van der Waals surface area contributed by atoms with Crippen molar-refractivity contribution in [2.75, 3.05) is 13.7 Å². The van der Waals surface area contributed by atoms with Crippen LogP contribution < -0.4 is 4.74 Å². The molecule has 0 aliphatic rings. The summed E-state index contributed by atoms with van der Waals surface area (Å²) in [5, 5.41) is 9.57. The second kappa shape index (κ2) is 10.5. The third kappa shape index (κ3) is 5.86. The molecule has 5 heteroatoms. The SMILES string of the molecule is C/C=C/[C@](C)(CCO)N(Cc1ccc(OC)cc1)C(=O)OCc1ccccc1. The van der Waals surface area contributed by atoms with Crippen molar-refractivity contribution in [3.63, 3.8) is 0 Å². The number of carbonyl (C=O) groups is 1. The zero-order valence-electron chi connectivity index (χ0n) is 16.8. The number of carbonyl (C=O) groups excluding carboxylic acids is 1. The smallest absolute Gasteiger partial charge is 0.411 e. The Morgan fingerprint density at radius 3 is 2.36 bits per heavy atom. The van der Waals surface area contributed by atoms with Crippen LogP contribution >= 0.6 is 0 Å². The highest BCUT2D eigenvalue weighted by Gasteiger charge is 2.34. The molecular weight excluding hydrogens is 354 g/mol. The van der Waals surface area contributed by atoms with Crippen LogP contribution in [0, 0.1) is 0 Å². The number of methoxy groups -OCH3 is 1. The van der Waals surface area contributed by atoms with Gasteiger partial charge in [0.2, 0.25) is 0 Å². The van der Waals surface area contributed by atoms with Crippen LogP contribution in [-0.2, 0) is 17.9 Å². The Balaban J connectivity index is 2.23. The van der Waals surface area contributed by atoms with Gasteiger partial charge in [-0.3, -0.25) is 4.90 Å². The fraction of sp³-hybridized carbons (Fsp3) is 0.348. The highest BCUT2D eigenvalue weighted by atomic mass is 16.6. The Bertz CT molecular complexity index is 758. The molecule has 150 valence electrons. The van der Waals surface area contributed by atoms with Crippen LogP contribution in [0.25, 0.3) is 0 Å². The first-order valence-electron chi connectivity index (χ1n) is 9.38. The second-order valence-electron chi connectivity index (χ2n) is 6.81. The molecule has 2 rings (SSSR count). The Kier molecular flexibility index (Phi) is 8.08. The molecule has 2 aromatic carbocycles. The fourth-order valence-electron chi connectivity index (χ4n) is 3.06. The Hall–Kier alpha value is -2.79. The van der Waals surface area contributed by atoms with Gasteiger partial charge in [-0.25, -0.2) is 4.79 Å². The summed E-state index contributed by atoms with van der Waals surface area (Å²) < 4.78 is 10.8. The maximum absolute atomic E-state index is 13.0. The molecule has 0 aromatic heterocycles. The maximum atomic E-state index is 13.0. The van der Waals surface area contributed by atoms with Gasteiger partial charge >= 0.3 is 6.09 Å². The summed E-state index contributed by atoms with van der Waals surface area (Å²) in [5.74, 6) is 0.758. The number of aliphatic hydroxyl groups excluding tert-OH is 1. The van der Waals surface area contributed by atoms with E-state index in [0.29, 0.717) is 13.0 Å². The topological polar surface area (TPSA) is 59.0 Å². The predicted molar refractivity (Wildman–Crippen MR) is 110 cm³/mol. The first kappa shape index (κ1) is 21.5. The number of nitrogens with zero attached hydrogens (tertiary/aromatic N) is 1. The van der Waals surface area contributed by atoms with Crippen LogP contribution in [0.4, 0.5) is 4.79 Å². The standard InChI is InChI=1S/C23H29NO4/c1-4-14-23(2,15-16-25)24(17-19-10-12-21(27-3)13-11-19)22(26)28-18-20-8-6-5-7-9-20/h4-14,25H,15-18H2,1-3H3/b14-4+/t23-/m1/s1. The molecule has 0 aliphatic heterocycles. The third-order valence-electron chi connectivity index (χ3n) is 4.69. The van der Waals surface area contributed by atoms with Gasteiger partial charge in [0.05, 0.1) is 12.6 Å². The van der Waals surface area contributed by atoms with E-state index in [1.165, 1.54) is 0 Å². The van der Waals surface area contributed by atoms with Gasteiger partial charge in [-0.05, 0) is 43.5 Å². The lowest BCUT2D eigenvalue weighted by atomic mass is 9.94. The van der Waals surface area contributed by atoms with Crippen molar-refractivity contribution in [1.82, 2.24) is 4.90 Å². The summed E-state index contributed by atoms with van der Waals surface area (Å²) in [6, 6.07) is 17.1. The highest BCUT2D eigenvalue weighted by molar-refractivity contribution is 5.69. The number of hydrogen-bond acceptors (Lipinski definition) is 4. The van der Waals surface area contributed by atoms with Crippen molar-refractivity contribution in [3.05, 3.63) is 77.9 Å². The summed E-state index contributed by atoms with van der Waals surface area (Å²) in [4.78, 5) is 14.7. The fourth-order valence-corrected chi connectivity index (χ4v) is 3.06. The van der Waals surface area contributed by atoms with Crippen LogP contribution in [0.15, 0.2) is 66.7 Å². The summed E-state index contributed by atoms with van der Waals surface area (Å²) in [7, 11) is 1.62. The van der Waals surface area contributed by atoms with Gasteiger partial charge in [-0.1, -0.05) is 54.6 Å². The minimum atomic E-state index is -0.669.